The lowest BCUT2D eigenvalue weighted by atomic mass is 10.1. The molecule has 1 rings (SSSR count). The van der Waals surface area contributed by atoms with E-state index in [0.29, 0.717) is 15.5 Å². The Bertz CT molecular complexity index is 300. The minimum atomic E-state index is 0.389. The first kappa shape index (κ1) is 21.8. The molecule has 0 amide bonds. The van der Waals surface area contributed by atoms with Crippen molar-refractivity contribution in [1.29, 1.82) is 0 Å². The standard InChI is InChI=1S/C16H34NPS4/c1-15(2)6-5-8-19-10-11-20-12-14(17-18)13-22-16(3,4)7-9-21-15/h14,17H,5-13,18H2,1-4H3. The van der Waals surface area contributed by atoms with Gasteiger partial charge < -0.3 is 0 Å². The maximum Gasteiger partial charge on any atom is 0.0280 e. The highest BCUT2D eigenvalue weighted by atomic mass is 32.2. The van der Waals surface area contributed by atoms with Crippen LogP contribution < -0.4 is 5.09 Å². The fourth-order valence-electron chi connectivity index (χ4n) is 2.23. The van der Waals surface area contributed by atoms with E-state index in [1.54, 1.807) is 0 Å². The van der Waals surface area contributed by atoms with E-state index in [4.69, 9.17) is 0 Å². The van der Waals surface area contributed by atoms with Gasteiger partial charge in [0.25, 0.3) is 0 Å². The van der Waals surface area contributed by atoms with E-state index < -0.39 is 0 Å². The SMILES string of the molecule is CC1(C)CCCSCCSCC(NP)CSC(C)(C)CCS1. The van der Waals surface area contributed by atoms with Crippen LogP contribution in [0.1, 0.15) is 47.0 Å². The predicted octanol–water partition coefficient (Wildman–Crippen LogP) is 5.41. The van der Waals surface area contributed by atoms with E-state index in [-0.39, 0.29) is 0 Å². The van der Waals surface area contributed by atoms with Crippen molar-refractivity contribution < 1.29 is 0 Å². The van der Waals surface area contributed by atoms with Crippen molar-refractivity contribution in [1.82, 2.24) is 5.09 Å². The lowest BCUT2D eigenvalue weighted by Crippen LogP contribution is -2.30. The van der Waals surface area contributed by atoms with Crippen LogP contribution in [0, 0.1) is 0 Å². The molecule has 1 N–H and O–H groups in total. The van der Waals surface area contributed by atoms with Gasteiger partial charge in [-0.25, -0.2) is 0 Å². The van der Waals surface area contributed by atoms with Crippen molar-refractivity contribution in [3.63, 3.8) is 0 Å². The van der Waals surface area contributed by atoms with E-state index in [0.717, 1.165) is 0 Å². The van der Waals surface area contributed by atoms with Crippen LogP contribution in [0.25, 0.3) is 0 Å². The highest BCUT2D eigenvalue weighted by Crippen LogP contribution is 2.35. The maximum absolute atomic E-state index is 3.42. The minimum absolute atomic E-state index is 0.389. The van der Waals surface area contributed by atoms with Crippen LogP contribution in [0.5, 0.6) is 0 Å². The molecule has 22 heavy (non-hydrogen) atoms. The molecular weight excluding hydrogens is 365 g/mol. The first-order chi connectivity index (χ1) is 10.3. The van der Waals surface area contributed by atoms with Crippen molar-refractivity contribution in [3.8, 4) is 0 Å². The zero-order valence-corrected chi connectivity index (χ0v) is 19.1. The second-order valence-electron chi connectivity index (χ2n) is 7.08. The maximum atomic E-state index is 3.42. The van der Waals surface area contributed by atoms with Gasteiger partial charge in [0, 0.05) is 38.5 Å². The van der Waals surface area contributed by atoms with E-state index in [1.165, 1.54) is 53.8 Å². The molecule has 0 spiro atoms. The molecule has 1 heterocycles. The fraction of sp³-hybridized carbons (Fsp3) is 1.00. The highest BCUT2D eigenvalue weighted by molar-refractivity contribution is 8.03. The summed E-state index contributed by atoms with van der Waals surface area (Å²) in [7, 11) is 2.72. The molecule has 1 nitrogen and oxygen atoms in total. The van der Waals surface area contributed by atoms with Gasteiger partial charge in [0.1, 0.15) is 0 Å². The Morgan fingerprint density at radius 3 is 2.23 bits per heavy atom. The van der Waals surface area contributed by atoms with Crippen LogP contribution in [-0.4, -0.2) is 50.1 Å². The van der Waals surface area contributed by atoms with Crippen molar-refractivity contribution in [2.24, 2.45) is 0 Å². The summed E-state index contributed by atoms with van der Waals surface area (Å²) in [5.41, 5.74) is 0. The van der Waals surface area contributed by atoms with Crippen LogP contribution >= 0.6 is 56.4 Å². The fourth-order valence-corrected chi connectivity index (χ4v) is 7.82. The first-order valence-electron chi connectivity index (χ1n) is 8.24. The third-order valence-corrected chi connectivity index (χ3v) is 9.75. The minimum Gasteiger partial charge on any atom is -0.296 e. The van der Waals surface area contributed by atoms with Crippen molar-refractivity contribution >= 4 is 56.4 Å². The molecule has 132 valence electrons. The molecule has 2 unspecified atom stereocenters. The average molecular weight is 400 g/mol. The third kappa shape index (κ3) is 10.6. The van der Waals surface area contributed by atoms with Crippen LogP contribution in [0.2, 0.25) is 0 Å². The monoisotopic (exact) mass is 399 g/mol. The van der Waals surface area contributed by atoms with Crippen molar-refractivity contribution in [2.75, 3.05) is 34.5 Å². The van der Waals surface area contributed by atoms with Gasteiger partial charge in [0.15, 0.2) is 0 Å². The van der Waals surface area contributed by atoms with Crippen molar-refractivity contribution in [2.45, 2.75) is 62.5 Å². The van der Waals surface area contributed by atoms with Crippen LogP contribution in [0.15, 0.2) is 0 Å². The smallest absolute Gasteiger partial charge is 0.0280 e. The second-order valence-corrected chi connectivity index (χ2v) is 13.3. The Balaban J connectivity index is 2.51. The number of rotatable bonds is 1. The van der Waals surface area contributed by atoms with E-state index in [9.17, 15) is 0 Å². The number of nitrogens with one attached hydrogen (secondary N) is 1. The molecular formula is C16H34NPS4. The van der Waals surface area contributed by atoms with Gasteiger partial charge >= 0.3 is 0 Å². The molecule has 1 aliphatic rings. The Kier molecular flexibility index (Phi) is 11.3. The number of hydrogen-bond donors (Lipinski definition) is 1. The molecule has 0 aromatic rings. The molecule has 0 aliphatic carbocycles. The van der Waals surface area contributed by atoms with Gasteiger partial charge in [-0.2, -0.15) is 47.0 Å². The average Bonchev–Trinajstić information content (AvgIpc) is 2.43. The largest absolute Gasteiger partial charge is 0.296 e. The Labute approximate surface area is 158 Å². The summed E-state index contributed by atoms with van der Waals surface area (Å²) in [6.45, 7) is 9.68. The Morgan fingerprint density at radius 2 is 1.50 bits per heavy atom. The summed E-state index contributed by atoms with van der Waals surface area (Å²) in [6, 6.07) is 0.612. The third-order valence-electron chi connectivity index (χ3n) is 3.87. The van der Waals surface area contributed by atoms with Gasteiger partial charge in [-0.15, -0.1) is 0 Å². The summed E-state index contributed by atoms with van der Waals surface area (Å²) in [5, 5.41) is 3.42. The molecule has 0 aromatic carbocycles. The molecule has 1 saturated heterocycles. The molecule has 0 radical (unpaired) electrons. The highest BCUT2D eigenvalue weighted by Gasteiger charge is 2.23. The van der Waals surface area contributed by atoms with Crippen molar-refractivity contribution in [3.05, 3.63) is 0 Å². The van der Waals surface area contributed by atoms with Crippen LogP contribution in [-0.2, 0) is 0 Å². The summed E-state index contributed by atoms with van der Waals surface area (Å²) in [6.07, 6.45) is 4.02. The molecule has 6 heteroatoms. The number of hydrogen-bond acceptors (Lipinski definition) is 5. The summed E-state index contributed by atoms with van der Waals surface area (Å²) >= 11 is 8.56. The second kappa shape index (κ2) is 11.4. The van der Waals surface area contributed by atoms with Gasteiger partial charge in [-0.05, 0) is 30.8 Å². The van der Waals surface area contributed by atoms with Gasteiger partial charge in [-0.1, -0.05) is 37.1 Å². The van der Waals surface area contributed by atoms with Gasteiger partial charge in [0.05, 0.1) is 0 Å². The lowest BCUT2D eigenvalue weighted by Gasteiger charge is -2.29. The summed E-state index contributed by atoms with van der Waals surface area (Å²) < 4.78 is 0.831. The van der Waals surface area contributed by atoms with Gasteiger partial charge in [-0.3, -0.25) is 5.09 Å². The molecule has 2 atom stereocenters. The topological polar surface area (TPSA) is 12.0 Å². The lowest BCUT2D eigenvalue weighted by molar-refractivity contribution is 0.624. The molecule has 0 aromatic heterocycles. The molecule has 1 aliphatic heterocycles. The van der Waals surface area contributed by atoms with Crippen LogP contribution in [0.4, 0.5) is 0 Å². The normalized spacial score (nSPS) is 29.0. The van der Waals surface area contributed by atoms with E-state index in [1.807, 2.05) is 0 Å². The zero-order chi connectivity index (χ0) is 16.5. The van der Waals surface area contributed by atoms with Crippen LogP contribution in [0.3, 0.4) is 0 Å². The first-order valence-corrected chi connectivity index (χ1v) is 13.1. The van der Waals surface area contributed by atoms with Gasteiger partial charge in [0.2, 0.25) is 0 Å². The zero-order valence-electron chi connectivity index (χ0n) is 14.7. The number of thioether (sulfide) groups is 4. The quantitative estimate of drug-likeness (QED) is 0.590. The molecule has 0 bridgehead atoms. The van der Waals surface area contributed by atoms with E-state index >= 15 is 0 Å². The molecule has 1 fully saturated rings. The van der Waals surface area contributed by atoms with E-state index in [2.05, 4.69) is 89.2 Å². The Morgan fingerprint density at radius 1 is 0.818 bits per heavy atom. The predicted molar refractivity (Wildman–Crippen MR) is 118 cm³/mol. The molecule has 0 saturated carbocycles. The summed E-state index contributed by atoms with van der Waals surface area (Å²) in [5.74, 6) is 7.66. The summed E-state index contributed by atoms with van der Waals surface area (Å²) in [4.78, 5) is 0. The Hall–Kier alpha value is 1.79.